The zero-order valence-electron chi connectivity index (χ0n) is 14.8. The summed E-state index contributed by atoms with van der Waals surface area (Å²) in [5.74, 6) is 0.130. The fourth-order valence-corrected chi connectivity index (χ4v) is 3.64. The molecule has 0 spiro atoms. The number of hydrogen-bond acceptors (Lipinski definition) is 2. The van der Waals surface area contributed by atoms with E-state index in [4.69, 9.17) is 5.73 Å². The van der Waals surface area contributed by atoms with E-state index in [1.165, 1.54) is 16.3 Å². The van der Waals surface area contributed by atoms with Crippen molar-refractivity contribution >= 4 is 16.7 Å². The summed E-state index contributed by atoms with van der Waals surface area (Å²) in [6.45, 7) is 0.394. The van der Waals surface area contributed by atoms with E-state index < -0.39 is 0 Å². The molecule has 3 N–H and O–H groups in total. The highest BCUT2D eigenvalue weighted by Crippen LogP contribution is 2.49. The quantitative estimate of drug-likeness (QED) is 0.711. The fraction of sp³-hybridized carbons (Fsp3) is 0.261. The van der Waals surface area contributed by atoms with Gasteiger partial charge >= 0.3 is 0 Å². The van der Waals surface area contributed by atoms with Crippen LogP contribution in [0.1, 0.15) is 30.0 Å². The van der Waals surface area contributed by atoms with Crippen LogP contribution in [0.4, 0.5) is 0 Å². The summed E-state index contributed by atoms with van der Waals surface area (Å²) in [6, 6.07) is 24.6. The molecule has 3 aromatic carbocycles. The number of nitrogens with two attached hydrogens (primary N) is 1. The van der Waals surface area contributed by atoms with Crippen LogP contribution < -0.4 is 11.1 Å². The summed E-state index contributed by atoms with van der Waals surface area (Å²) in [4.78, 5) is 13.0. The third kappa shape index (κ3) is 3.35. The molecule has 1 aliphatic rings. The van der Waals surface area contributed by atoms with E-state index in [-0.39, 0.29) is 17.4 Å². The molecule has 0 bridgehead atoms. The maximum Gasteiger partial charge on any atom is 0.227 e. The van der Waals surface area contributed by atoms with Crippen LogP contribution in [-0.4, -0.2) is 12.5 Å². The first-order chi connectivity index (χ1) is 12.7. The lowest BCUT2D eigenvalue weighted by Crippen LogP contribution is -2.39. The second-order valence-electron chi connectivity index (χ2n) is 7.31. The molecule has 0 saturated heterocycles. The van der Waals surface area contributed by atoms with Crippen molar-refractivity contribution in [2.24, 2.45) is 11.1 Å². The first kappa shape index (κ1) is 16.8. The van der Waals surface area contributed by atoms with Crippen LogP contribution in [0.25, 0.3) is 10.8 Å². The zero-order chi connectivity index (χ0) is 18.0. The highest BCUT2D eigenvalue weighted by molar-refractivity contribution is 5.87. The Balaban J connectivity index is 1.51. The van der Waals surface area contributed by atoms with Crippen LogP contribution >= 0.6 is 0 Å². The van der Waals surface area contributed by atoms with Crippen molar-refractivity contribution < 1.29 is 4.79 Å². The summed E-state index contributed by atoms with van der Waals surface area (Å²) in [5, 5.41) is 5.57. The Hall–Kier alpha value is -2.65. The van der Waals surface area contributed by atoms with E-state index in [1.54, 1.807) is 0 Å². The number of hydrogen-bond donors (Lipinski definition) is 2. The normalized spacial score (nSPS) is 16.2. The Bertz CT molecular complexity index is 916. The number of fused-ring (bicyclic) bond motifs is 1. The van der Waals surface area contributed by atoms with Crippen molar-refractivity contribution in [2.75, 3.05) is 6.54 Å². The predicted molar refractivity (Wildman–Crippen MR) is 106 cm³/mol. The second-order valence-corrected chi connectivity index (χ2v) is 7.31. The molecule has 1 fully saturated rings. The Labute approximate surface area is 154 Å². The number of carbonyl (C=O) groups excluding carboxylic acids is 1. The summed E-state index contributed by atoms with van der Waals surface area (Å²) in [6.07, 6.45) is 2.69. The molecule has 26 heavy (non-hydrogen) atoms. The minimum absolute atomic E-state index is 0.130. The average molecular weight is 344 g/mol. The highest BCUT2D eigenvalue weighted by Gasteiger charge is 2.49. The van der Waals surface area contributed by atoms with Crippen LogP contribution in [-0.2, 0) is 11.2 Å². The topological polar surface area (TPSA) is 55.1 Å². The maximum absolute atomic E-state index is 13.0. The van der Waals surface area contributed by atoms with Crippen molar-refractivity contribution in [2.45, 2.75) is 25.3 Å². The van der Waals surface area contributed by atoms with Gasteiger partial charge in [-0.1, -0.05) is 66.7 Å². The molecule has 1 atom stereocenters. The molecule has 1 aliphatic carbocycles. The molecule has 3 aromatic rings. The SMILES string of the molecule is NCC(NC(=O)C1(Cc2ccccc2)CC1)c1ccc2ccccc2c1. The zero-order valence-corrected chi connectivity index (χ0v) is 14.8. The average Bonchev–Trinajstić information content (AvgIpc) is 3.47. The third-order valence-corrected chi connectivity index (χ3v) is 5.44. The van der Waals surface area contributed by atoms with Gasteiger partial charge in [0.1, 0.15) is 0 Å². The van der Waals surface area contributed by atoms with E-state index in [0.717, 1.165) is 24.8 Å². The number of nitrogens with one attached hydrogen (secondary N) is 1. The second kappa shape index (κ2) is 6.93. The van der Waals surface area contributed by atoms with Crippen LogP contribution in [0.3, 0.4) is 0 Å². The van der Waals surface area contributed by atoms with Crippen LogP contribution in [0.5, 0.6) is 0 Å². The molecule has 0 heterocycles. The number of benzene rings is 3. The molecule has 132 valence electrons. The maximum atomic E-state index is 13.0. The van der Waals surface area contributed by atoms with Crippen molar-refractivity contribution in [3.05, 3.63) is 83.9 Å². The number of rotatable bonds is 6. The van der Waals surface area contributed by atoms with Crippen LogP contribution in [0.2, 0.25) is 0 Å². The van der Waals surface area contributed by atoms with Gasteiger partial charge in [-0.25, -0.2) is 0 Å². The molecule has 3 heteroatoms. The predicted octanol–water partition coefficient (Wildman–Crippen LogP) is 3.98. The highest BCUT2D eigenvalue weighted by atomic mass is 16.2. The van der Waals surface area contributed by atoms with Gasteiger partial charge in [-0.2, -0.15) is 0 Å². The van der Waals surface area contributed by atoms with Gasteiger partial charge in [0.25, 0.3) is 0 Å². The summed E-state index contributed by atoms with van der Waals surface area (Å²) < 4.78 is 0. The molecule has 1 unspecified atom stereocenters. The Kier molecular flexibility index (Phi) is 4.48. The Morgan fingerprint density at radius 2 is 1.65 bits per heavy atom. The molecule has 0 radical (unpaired) electrons. The molecule has 1 amide bonds. The van der Waals surface area contributed by atoms with Gasteiger partial charge in [0.2, 0.25) is 5.91 Å². The van der Waals surface area contributed by atoms with Gasteiger partial charge < -0.3 is 11.1 Å². The van der Waals surface area contributed by atoms with E-state index >= 15 is 0 Å². The minimum Gasteiger partial charge on any atom is -0.348 e. The van der Waals surface area contributed by atoms with E-state index in [9.17, 15) is 4.79 Å². The van der Waals surface area contributed by atoms with Crippen molar-refractivity contribution in [1.82, 2.24) is 5.32 Å². The van der Waals surface area contributed by atoms with E-state index in [0.29, 0.717) is 6.54 Å². The molecule has 0 aliphatic heterocycles. The van der Waals surface area contributed by atoms with Crippen LogP contribution in [0.15, 0.2) is 72.8 Å². The molecular formula is C23H24N2O. The van der Waals surface area contributed by atoms with Gasteiger partial charge in [-0.15, -0.1) is 0 Å². The third-order valence-electron chi connectivity index (χ3n) is 5.44. The fourth-order valence-electron chi connectivity index (χ4n) is 3.64. The molecule has 3 nitrogen and oxygen atoms in total. The van der Waals surface area contributed by atoms with Crippen molar-refractivity contribution in [3.63, 3.8) is 0 Å². The lowest BCUT2D eigenvalue weighted by atomic mass is 9.94. The molecule has 0 aromatic heterocycles. The first-order valence-electron chi connectivity index (χ1n) is 9.24. The largest absolute Gasteiger partial charge is 0.348 e. The van der Waals surface area contributed by atoms with Gasteiger partial charge in [0, 0.05) is 6.54 Å². The number of carbonyl (C=O) groups is 1. The van der Waals surface area contributed by atoms with Gasteiger partial charge in [0.15, 0.2) is 0 Å². The molecule has 4 rings (SSSR count). The van der Waals surface area contributed by atoms with E-state index in [1.807, 2.05) is 30.3 Å². The number of amides is 1. The lowest BCUT2D eigenvalue weighted by molar-refractivity contribution is -0.127. The minimum atomic E-state index is -0.258. The van der Waals surface area contributed by atoms with Gasteiger partial charge in [0.05, 0.1) is 11.5 Å². The van der Waals surface area contributed by atoms with Crippen LogP contribution in [0, 0.1) is 5.41 Å². The Morgan fingerprint density at radius 1 is 0.962 bits per heavy atom. The van der Waals surface area contributed by atoms with E-state index in [2.05, 4.69) is 47.8 Å². The molecular weight excluding hydrogens is 320 g/mol. The Morgan fingerprint density at radius 3 is 2.35 bits per heavy atom. The van der Waals surface area contributed by atoms with Gasteiger partial charge in [-0.3, -0.25) is 4.79 Å². The van der Waals surface area contributed by atoms with Crippen molar-refractivity contribution in [1.29, 1.82) is 0 Å². The first-order valence-corrected chi connectivity index (χ1v) is 9.24. The van der Waals surface area contributed by atoms with Gasteiger partial charge in [-0.05, 0) is 47.2 Å². The summed E-state index contributed by atoms with van der Waals surface area (Å²) in [7, 11) is 0. The molecule has 1 saturated carbocycles. The van der Waals surface area contributed by atoms with Crippen molar-refractivity contribution in [3.8, 4) is 0 Å². The lowest BCUT2D eigenvalue weighted by Gasteiger charge is -2.22. The smallest absolute Gasteiger partial charge is 0.227 e. The standard InChI is InChI=1S/C23H24N2O/c24-16-21(20-11-10-18-8-4-5-9-19(18)14-20)25-22(26)23(12-13-23)15-17-6-2-1-3-7-17/h1-11,14,21H,12-13,15-16,24H2,(H,25,26). The summed E-state index contributed by atoms with van der Waals surface area (Å²) >= 11 is 0. The monoisotopic (exact) mass is 344 g/mol. The summed E-state index contributed by atoms with van der Waals surface area (Å²) in [5.41, 5.74) is 8.02.